The van der Waals surface area contributed by atoms with Crippen molar-refractivity contribution in [1.82, 2.24) is 19.2 Å². The van der Waals surface area contributed by atoms with Gasteiger partial charge in [-0.1, -0.05) is 17.7 Å². The molecule has 2 atom stereocenters. The van der Waals surface area contributed by atoms with E-state index in [1.165, 1.54) is 22.0 Å². The van der Waals surface area contributed by atoms with E-state index in [9.17, 15) is 17.9 Å². The van der Waals surface area contributed by atoms with Crippen LogP contribution in [0, 0.1) is 31.0 Å². The van der Waals surface area contributed by atoms with Gasteiger partial charge in [0.2, 0.25) is 10.0 Å². The van der Waals surface area contributed by atoms with Gasteiger partial charge in [-0.15, -0.1) is 0 Å². The predicted molar refractivity (Wildman–Crippen MR) is 128 cm³/mol. The van der Waals surface area contributed by atoms with E-state index in [1.807, 2.05) is 10.9 Å². The minimum Gasteiger partial charge on any atom is -0.395 e. The highest BCUT2D eigenvalue weighted by Gasteiger charge is 2.47. The maximum Gasteiger partial charge on any atom is 0.248 e. The molecule has 8 nitrogen and oxygen atoms in total. The van der Waals surface area contributed by atoms with Crippen molar-refractivity contribution in [1.29, 1.82) is 0 Å². The number of nitrogens with zero attached hydrogens (tertiary/aromatic N) is 4. The third-order valence-electron chi connectivity index (χ3n) is 7.56. The monoisotopic (exact) mass is 500 g/mol. The molecular weight excluding hydrogens is 471 g/mol. The Bertz CT molecular complexity index is 1370. The Morgan fingerprint density at radius 1 is 1.29 bits per heavy atom. The first-order valence-corrected chi connectivity index (χ1v) is 13.2. The van der Waals surface area contributed by atoms with Crippen molar-refractivity contribution in [2.45, 2.75) is 44.9 Å². The first-order valence-electron chi connectivity index (χ1n) is 11.7. The lowest BCUT2D eigenvalue weighted by molar-refractivity contribution is 0.194. The number of fused-ring (bicyclic) bond motifs is 2. The van der Waals surface area contributed by atoms with E-state index >= 15 is 0 Å². The Morgan fingerprint density at radius 2 is 2.03 bits per heavy atom. The lowest BCUT2D eigenvalue weighted by Crippen LogP contribution is -2.42. The molecule has 186 valence electrons. The maximum absolute atomic E-state index is 13.5. The molecule has 0 bridgehead atoms. The number of aliphatic hydroxyl groups is 1. The third-order valence-corrected chi connectivity index (χ3v) is 9.67. The zero-order valence-corrected chi connectivity index (χ0v) is 20.8. The topological polar surface area (TPSA) is 101 Å². The predicted octanol–water partition coefficient (Wildman–Crippen LogP) is 3.66. The molecule has 1 N–H and O–H groups in total. The summed E-state index contributed by atoms with van der Waals surface area (Å²) in [5.41, 5.74) is 4.21. The highest BCUT2D eigenvalue weighted by Crippen LogP contribution is 2.53. The van der Waals surface area contributed by atoms with E-state index in [-0.39, 0.29) is 41.0 Å². The molecule has 1 fully saturated rings. The van der Waals surface area contributed by atoms with Gasteiger partial charge in [0.05, 0.1) is 24.2 Å². The van der Waals surface area contributed by atoms with Crippen LogP contribution in [0.15, 0.2) is 45.5 Å². The van der Waals surface area contributed by atoms with Crippen molar-refractivity contribution in [3.05, 3.63) is 64.6 Å². The number of rotatable bonds is 7. The number of aliphatic hydroxyl groups excluding tert-OH is 1. The quantitative estimate of drug-likeness (QED) is 0.531. The standard InChI is InChI=1S/C25H29FN4O4S/c1-16-24(17(2)34-28-16)35(32,33)29(10-11-31)15-20-5-4-19-12-23-18(13-25(19,20)3)14-27-30(23)22-8-6-21(26)7-9-22/h6-9,12,14,20,31H,4-5,10-11,13,15H2,1-3H3/t20-,25+/m1/s1. The van der Waals surface area contributed by atoms with Crippen LogP contribution in [0.2, 0.25) is 0 Å². The second kappa shape index (κ2) is 8.69. The van der Waals surface area contributed by atoms with Gasteiger partial charge < -0.3 is 9.63 Å². The van der Waals surface area contributed by atoms with Crippen LogP contribution in [0.5, 0.6) is 0 Å². The number of sulfonamides is 1. The Labute approximate surface area is 204 Å². The summed E-state index contributed by atoms with van der Waals surface area (Å²) in [6.07, 6.45) is 6.44. The average molecular weight is 501 g/mol. The summed E-state index contributed by atoms with van der Waals surface area (Å²) in [5.74, 6) is 0.0235. The normalized spacial score (nSPS) is 21.8. The van der Waals surface area contributed by atoms with Crippen molar-refractivity contribution < 1.29 is 22.4 Å². The molecular formula is C25H29FN4O4S. The van der Waals surface area contributed by atoms with Gasteiger partial charge in [0.25, 0.3) is 0 Å². The summed E-state index contributed by atoms with van der Waals surface area (Å²) in [6, 6.07) is 6.26. The SMILES string of the molecule is Cc1noc(C)c1S(=O)(=O)N(CCO)C[C@H]1CCC2=Cc3c(cnn3-c3ccc(F)cc3)C[C@@]21C. The highest BCUT2D eigenvalue weighted by atomic mass is 32.2. The number of hydrogen-bond acceptors (Lipinski definition) is 6. The first-order chi connectivity index (χ1) is 16.6. The summed E-state index contributed by atoms with van der Waals surface area (Å²) >= 11 is 0. The summed E-state index contributed by atoms with van der Waals surface area (Å²) in [5, 5.41) is 18.0. The number of hydrogen-bond donors (Lipinski definition) is 1. The van der Waals surface area contributed by atoms with Gasteiger partial charge >= 0.3 is 0 Å². The lowest BCUT2D eigenvalue weighted by Gasteiger charge is -2.38. The minimum absolute atomic E-state index is 0.00572. The molecule has 0 unspecified atom stereocenters. The maximum atomic E-state index is 13.5. The molecule has 0 saturated heterocycles. The molecule has 2 aliphatic rings. The van der Waals surface area contributed by atoms with Gasteiger partial charge in [-0.2, -0.15) is 9.40 Å². The third kappa shape index (κ3) is 3.93. The second-order valence-electron chi connectivity index (χ2n) is 9.68. The number of aryl methyl sites for hydroxylation is 2. The molecule has 0 spiro atoms. The van der Waals surface area contributed by atoms with Gasteiger partial charge in [-0.25, -0.2) is 17.5 Å². The Hall–Kier alpha value is -2.82. The van der Waals surface area contributed by atoms with Crippen LogP contribution in [0.25, 0.3) is 11.8 Å². The molecule has 1 aromatic carbocycles. The number of allylic oxidation sites excluding steroid dienone is 1. The molecule has 3 aromatic rings. The second-order valence-corrected chi connectivity index (χ2v) is 11.6. The summed E-state index contributed by atoms with van der Waals surface area (Å²) in [7, 11) is -3.88. The highest BCUT2D eigenvalue weighted by molar-refractivity contribution is 7.89. The van der Waals surface area contributed by atoms with Crippen LogP contribution in [-0.2, 0) is 16.4 Å². The zero-order chi connectivity index (χ0) is 25.0. The van der Waals surface area contributed by atoms with Gasteiger partial charge in [0, 0.05) is 13.1 Å². The first kappa shape index (κ1) is 23.9. The van der Waals surface area contributed by atoms with Gasteiger partial charge in [-0.3, -0.25) is 0 Å². The van der Waals surface area contributed by atoms with E-state index in [1.54, 1.807) is 26.0 Å². The Kier molecular flexibility index (Phi) is 5.93. The van der Waals surface area contributed by atoms with Crippen LogP contribution in [0.1, 0.15) is 42.5 Å². The van der Waals surface area contributed by atoms with Crippen molar-refractivity contribution in [3.63, 3.8) is 0 Å². The lowest BCUT2D eigenvalue weighted by atomic mass is 9.70. The van der Waals surface area contributed by atoms with Crippen molar-refractivity contribution >= 4 is 16.1 Å². The average Bonchev–Trinajstić information content (AvgIpc) is 3.47. The van der Waals surface area contributed by atoms with E-state index in [2.05, 4.69) is 23.3 Å². The molecule has 5 rings (SSSR count). The van der Waals surface area contributed by atoms with Crippen LogP contribution in [0.3, 0.4) is 0 Å². The molecule has 0 radical (unpaired) electrons. The largest absolute Gasteiger partial charge is 0.395 e. The van der Waals surface area contributed by atoms with Crippen LogP contribution < -0.4 is 0 Å². The molecule has 0 amide bonds. The van der Waals surface area contributed by atoms with Crippen molar-refractivity contribution in [2.75, 3.05) is 19.7 Å². The van der Waals surface area contributed by atoms with Crippen molar-refractivity contribution in [3.8, 4) is 5.69 Å². The van der Waals surface area contributed by atoms with Gasteiger partial charge in [0.15, 0.2) is 5.76 Å². The Morgan fingerprint density at radius 3 is 2.69 bits per heavy atom. The summed E-state index contributed by atoms with van der Waals surface area (Å²) in [4.78, 5) is 0.0800. The van der Waals surface area contributed by atoms with Crippen LogP contribution >= 0.6 is 0 Å². The zero-order valence-electron chi connectivity index (χ0n) is 20.0. The molecule has 35 heavy (non-hydrogen) atoms. The van der Waals surface area contributed by atoms with E-state index in [0.717, 1.165) is 36.2 Å². The molecule has 10 heteroatoms. The molecule has 0 aliphatic heterocycles. The number of halogens is 1. The molecule has 2 heterocycles. The molecule has 2 aromatic heterocycles. The molecule has 2 aliphatic carbocycles. The fourth-order valence-electron chi connectivity index (χ4n) is 5.65. The van der Waals surface area contributed by atoms with Crippen molar-refractivity contribution in [2.24, 2.45) is 11.3 Å². The van der Waals surface area contributed by atoms with Gasteiger partial charge in [-0.05, 0) is 80.3 Å². The minimum atomic E-state index is -3.88. The van der Waals surface area contributed by atoms with Crippen LogP contribution in [-0.4, -0.2) is 52.5 Å². The fourth-order valence-corrected chi connectivity index (χ4v) is 7.42. The fraction of sp³-hybridized carbons (Fsp3) is 0.440. The smallest absolute Gasteiger partial charge is 0.248 e. The summed E-state index contributed by atoms with van der Waals surface area (Å²) in [6.45, 7) is 5.41. The van der Waals surface area contributed by atoms with E-state index in [4.69, 9.17) is 4.52 Å². The van der Waals surface area contributed by atoms with E-state index in [0.29, 0.717) is 12.2 Å². The summed E-state index contributed by atoms with van der Waals surface area (Å²) < 4.78 is 48.8. The number of benzene rings is 1. The van der Waals surface area contributed by atoms with Crippen LogP contribution in [0.4, 0.5) is 4.39 Å². The van der Waals surface area contributed by atoms with Gasteiger partial charge in [0.1, 0.15) is 16.4 Å². The number of aromatic nitrogens is 3. The molecule has 1 saturated carbocycles. The Balaban J connectivity index is 1.45. The van der Waals surface area contributed by atoms with E-state index < -0.39 is 10.0 Å².